The normalized spacial score (nSPS) is 15.7. The van der Waals surface area contributed by atoms with Crippen molar-refractivity contribution >= 4 is 39.5 Å². The molecule has 5 aromatic rings. The number of aliphatic carboxylic acids is 1. The molecule has 0 amide bonds. The Morgan fingerprint density at radius 1 is 0.804 bits per heavy atom. The summed E-state index contributed by atoms with van der Waals surface area (Å²) < 4.78 is 12.0. The van der Waals surface area contributed by atoms with Gasteiger partial charge in [0.2, 0.25) is 5.60 Å². The van der Waals surface area contributed by atoms with Crippen LogP contribution in [0.15, 0.2) is 60.7 Å². The van der Waals surface area contributed by atoms with Gasteiger partial charge in [0.15, 0.2) is 0 Å². The van der Waals surface area contributed by atoms with Gasteiger partial charge in [-0.05, 0) is 84.5 Å². The van der Waals surface area contributed by atoms with Crippen molar-refractivity contribution in [2.75, 3.05) is 0 Å². The van der Waals surface area contributed by atoms with Crippen molar-refractivity contribution < 1.29 is 44.3 Å². The van der Waals surface area contributed by atoms with Gasteiger partial charge in [-0.3, -0.25) is 0 Å². The molecule has 0 saturated carbocycles. The molecular weight excluding hydrogens is 588 g/mol. The summed E-state index contributed by atoms with van der Waals surface area (Å²) in [7, 11) is 0. The van der Waals surface area contributed by atoms with Crippen molar-refractivity contribution in [2.45, 2.75) is 52.6 Å². The number of fused-ring (bicyclic) bond motifs is 3. The number of carbonyl (C=O) groups is 3. The number of ether oxygens (including phenoxy) is 2. The highest BCUT2D eigenvalue weighted by Gasteiger charge is 2.41. The lowest BCUT2D eigenvalue weighted by Crippen LogP contribution is -2.44. The second kappa shape index (κ2) is 11.1. The number of hydrogen-bond donors (Lipinski definition) is 4. The minimum Gasteiger partial charge on any atom is -0.507 e. The van der Waals surface area contributed by atoms with Crippen LogP contribution in [-0.4, -0.2) is 43.9 Å². The Hall–Kier alpha value is -5.57. The number of phenolic OH excluding ortho intramolecular Hbond substituents is 1. The van der Waals surface area contributed by atoms with Gasteiger partial charge >= 0.3 is 17.9 Å². The smallest absolute Gasteiger partial charge is 0.347 e. The predicted molar refractivity (Wildman–Crippen MR) is 172 cm³/mol. The monoisotopic (exact) mass is 620 g/mol. The van der Waals surface area contributed by atoms with Crippen LogP contribution >= 0.6 is 0 Å². The lowest BCUT2D eigenvalue weighted by molar-refractivity contribution is -0.155. The van der Waals surface area contributed by atoms with Crippen LogP contribution in [0.25, 0.3) is 21.5 Å². The molecule has 0 bridgehead atoms. The maximum atomic E-state index is 13.9. The van der Waals surface area contributed by atoms with E-state index in [4.69, 9.17) is 9.47 Å². The zero-order valence-corrected chi connectivity index (χ0v) is 25.7. The number of aromatic hydroxyl groups is 2. The molecule has 234 valence electrons. The van der Waals surface area contributed by atoms with Gasteiger partial charge in [-0.15, -0.1) is 0 Å². The van der Waals surface area contributed by atoms with E-state index in [1.165, 1.54) is 13.0 Å². The Bertz CT molecular complexity index is 2130. The third-order valence-corrected chi connectivity index (χ3v) is 9.19. The number of aromatic carboxylic acids is 1. The fourth-order valence-corrected chi connectivity index (χ4v) is 6.36. The minimum absolute atomic E-state index is 0.0728. The van der Waals surface area contributed by atoms with Crippen LogP contribution < -0.4 is 9.47 Å². The Morgan fingerprint density at radius 2 is 1.35 bits per heavy atom. The number of carboxylic acid groups (broad SMARTS) is 2. The number of benzene rings is 5. The predicted octanol–water partition coefficient (Wildman–Crippen LogP) is 7.01. The average molecular weight is 621 g/mol. The Kier molecular flexibility index (Phi) is 7.35. The van der Waals surface area contributed by atoms with Crippen LogP contribution in [-0.2, 0) is 17.6 Å². The van der Waals surface area contributed by atoms with Crippen LogP contribution in [0.3, 0.4) is 0 Å². The molecule has 4 N–H and O–H groups in total. The molecule has 0 aromatic heterocycles. The topological polar surface area (TPSA) is 151 Å². The Morgan fingerprint density at radius 3 is 1.91 bits per heavy atom. The van der Waals surface area contributed by atoms with Crippen LogP contribution in [0.2, 0.25) is 0 Å². The van der Waals surface area contributed by atoms with Crippen molar-refractivity contribution in [2.24, 2.45) is 0 Å². The standard InChI is InChI=1S/C37H32O9/c1-18-19(2)33-23(13-14-37(4,46-33)36(43)44)20(3)32(18)45-35(42)29-16-22-10-6-8-12-25(22)27(31(29)39)17-26-24-11-7-5-9-21(24)15-28(30(26)38)34(40)41/h5-12,15-16,38-39H,13-14,17H2,1-4H3,(H,40,41)(H,43,44). The van der Waals surface area contributed by atoms with E-state index in [-0.39, 0.29) is 29.7 Å². The van der Waals surface area contributed by atoms with Crippen LogP contribution in [0.4, 0.5) is 0 Å². The molecule has 1 unspecified atom stereocenters. The maximum absolute atomic E-state index is 13.9. The summed E-state index contributed by atoms with van der Waals surface area (Å²) in [6, 6.07) is 17.1. The zero-order valence-electron chi connectivity index (χ0n) is 25.7. The molecule has 9 heteroatoms. The first-order valence-electron chi connectivity index (χ1n) is 14.8. The highest BCUT2D eigenvalue weighted by molar-refractivity contribution is 6.03. The van der Waals surface area contributed by atoms with Crippen molar-refractivity contribution in [3.63, 3.8) is 0 Å². The number of rotatable bonds is 6. The van der Waals surface area contributed by atoms with Gasteiger partial charge in [-0.1, -0.05) is 48.5 Å². The van der Waals surface area contributed by atoms with Crippen molar-refractivity contribution in [3.05, 3.63) is 105 Å². The van der Waals surface area contributed by atoms with Gasteiger partial charge in [0, 0.05) is 29.5 Å². The van der Waals surface area contributed by atoms with E-state index in [0.29, 0.717) is 67.3 Å². The molecule has 0 saturated heterocycles. The first kappa shape index (κ1) is 30.5. The summed E-state index contributed by atoms with van der Waals surface area (Å²) >= 11 is 0. The lowest BCUT2D eigenvalue weighted by atomic mass is 9.87. The molecule has 5 aromatic carbocycles. The molecule has 46 heavy (non-hydrogen) atoms. The van der Waals surface area contributed by atoms with Crippen LogP contribution in [0.5, 0.6) is 23.0 Å². The van der Waals surface area contributed by atoms with E-state index in [2.05, 4.69) is 0 Å². The van der Waals surface area contributed by atoms with Crippen molar-refractivity contribution in [3.8, 4) is 23.0 Å². The summed E-state index contributed by atoms with van der Waals surface area (Å²) in [6.07, 6.45) is 0.579. The van der Waals surface area contributed by atoms with Crippen molar-refractivity contribution in [1.82, 2.24) is 0 Å². The molecule has 6 rings (SSSR count). The number of esters is 1. The summed E-state index contributed by atoms with van der Waals surface area (Å²) in [5.41, 5.74) is 1.53. The van der Waals surface area contributed by atoms with Crippen LogP contribution in [0, 0.1) is 20.8 Å². The Balaban J connectivity index is 1.46. The van der Waals surface area contributed by atoms with Gasteiger partial charge in [0.05, 0.1) is 0 Å². The Labute approximate surface area is 264 Å². The molecule has 1 heterocycles. The highest BCUT2D eigenvalue weighted by atomic mass is 16.5. The van der Waals surface area contributed by atoms with E-state index >= 15 is 0 Å². The second-order valence-corrected chi connectivity index (χ2v) is 12.0. The van der Waals surface area contributed by atoms with Gasteiger partial charge in [-0.25, -0.2) is 14.4 Å². The maximum Gasteiger partial charge on any atom is 0.347 e. The van der Waals surface area contributed by atoms with Gasteiger partial charge in [-0.2, -0.15) is 0 Å². The van der Waals surface area contributed by atoms with E-state index < -0.39 is 29.3 Å². The summed E-state index contributed by atoms with van der Waals surface area (Å²) in [5.74, 6) is -3.15. The van der Waals surface area contributed by atoms with Crippen molar-refractivity contribution in [1.29, 1.82) is 0 Å². The number of carbonyl (C=O) groups excluding carboxylic acids is 1. The largest absolute Gasteiger partial charge is 0.507 e. The van der Waals surface area contributed by atoms with Gasteiger partial charge < -0.3 is 29.9 Å². The van der Waals surface area contributed by atoms with Crippen LogP contribution in [0.1, 0.15) is 67.4 Å². The third kappa shape index (κ3) is 4.84. The first-order chi connectivity index (χ1) is 21.8. The fourth-order valence-electron chi connectivity index (χ4n) is 6.36. The third-order valence-electron chi connectivity index (χ3n) is 9.19. The quantitative estimate of drug-likeness (QED) is 0.116. The van der Waals surface area contributed by atoms with E-state index in [9.17, 15) is 34.8 Å². The zero-order chi connectivity index (χ0) is 33.1. The number of phenols is 2. The fraction of sp³-hybridized carbons (Fsp3) is 0.216. The molecule has 1 aliphatic heterocycles. The molecule has 0 spiro atoms. The van der Waals surface area contributed by atoms with E-state index in [1.807, 2.05) is 0 Å². The molecular formula is C37H32O9. The second-order valence-electron chi connectivity index (χ2n) is 12.0. The SMILES string of the molecule is Cc1c(C)c2c(c(C)c1OC(=O)c1cc3ccccc3c(Cc3c(O)c(C(=O)O)cc4ccccc34)c1O)CCC(C)(C(=O)O)O2. The molecule has 0 fully saturated rings. The number of hydrogen-bond acceptors (Lipinski definition) is 7. The average Bonchev–Trinajstić information content (AvgIpc) is 3.03. The van der Waals surface area contributed by atoms with Gasteiger partial charge in [0.25, 0.3) is 0 Å². The summed E-state index contributed by atoms with van der Waals surface area (Å²) in [4.78, 5) is 37.7. The summed E-state index contributed by atoms with van der Waals surface area (Å²) in [5, 5.41) is 44.7. The van der Waals surface area contributed by atoms with E-state index in [0.717, 1.165) is 5.56 Å². The van der Waals surface area contributed by atoms with Gasteiger partial charge in [0.1, 0.15) is 34.1 Å². The number of carboxylic acids is 2. The lowest BCUT2D eigenvalue weighted by Gasteiger charge is -2.35. The molecule has 1 atom stereocenters. The first-order valence-corrected chi connectivity index (χ1v) is 14.8. The summed E-state index contributed by atoms with van der Waals surface area (Å²) in [6.45, 7) is 6.87. The highest BCUT2D eigenvalue weighted by Crippen LogP contribution is 2.45. The minimum atomic E-state index is -1.37. The van der Waals surface area contributed by atoms with E-state index in [1.54, 1.807) is 75.4 Å². The molecule has 1 aliphatic rings. The molecule has 0 radical (unpaired) electrons. The molecule has 9 nitrogen and oxygen atoms in total. The molecule has 0 aliphatic carbocycles.